The molecule has 0 aliphatic carbocycles. The summed E-state index contributed by atoms with van der Waals surface area (Å²) in [5.74, 6) is 0.485. The Bertz CT molecular complexity index is 915. The molecule has 4 rings (SSSR count). The predicted octanol–water partition coefficient (Wildman–Crippen LogP) is 1.75. The zero-order chi connectivity index (χ0) is 17.9. The van der Waals surface area contributed by atoms with Crippen molar-refractivity contribution >= 4 is 28.8 Å². The fraction of sp³-hybridized carbons (Fsp3) is 0.211. The van der Waals surface area contributed by atoms with Crippen LogP contribution in [-0.4, -0.2) is 46.3 Å². The number of carbonyl (C=O) groups is 2. The first-order valence-electron chi connectivity index (χ1n) is 8.52. The molecular weight excluding hydrogens is 330 g/mol. The number of imidazole rings is 1. The second-order valence-corrected chi connectivity index (χ2v) is 6.23. The third kappa shape index (κ3) is 3.37. The van der Waals surface area contributed by atoms with Crippen molar-refractivity contribution < 1.29 is 9.59 Å². The Balaban J connectivity index is 1.39. The van der Waals surface area contributed by atoms with E-state index in [1.807, 2.05) is 36.4 Å². The molecule has 0 unspecified atom stereocenters. The van der Waals surface area contributed by atoms with Gasteiger partial charge in [0.25, 0.3) is 5.91 Å². The molecule has 0 radical (unpaired) electrons. The van der Waals surface area contributed by atoms with Crippen molar-refractivity contribution in [3.05, 3.63) is 59.7 Å². The maximum absolute atomic E-state index is 12.5. The monoisotopic (exact) mass is 349 g/mol. The van der Waals surface area contributed by atoms with E-state index in [0.29, 0.717) is 31.1 Å². The molecule has 2 amide bonds. The van der Waals surface area contributed by atoms with Crippen LogP contribution in [0.5, 0.6) is 0 Å². The smallest absolute Gasteiger partial charge is 0.254 e. The van der Waals surface area contributed by atoms with Crippen LogP contribution >= 0.6 is 0 Å². The summed E-state index contributed by atoms with van der Waals surface area (Å²) in [6.07, 6.45) is 0. The van der Waals surface area contributed by atoms with Gasteiger partial charge in [-0.3, -0.25) is 9.59 Å². The molecule has 1 fully saturated rings. The van der Waals surface area contributed by atoms with Crippen LogP contribution in [0.1, 0.15) is 15.9 Å². The highest BCUT2D eigenvalue weighted by Gasteiger charge is 2.22. The summed E-state index contributed by atoms with van der Waals surface area (Å²) in [4.78, 5) is 33.1. The summed E-state index contributed by atoms with van der Waals surface area (Å²) < 4.78 is 0. The maximum atomic E-state index is 12.5. The predicted molar refractivity (Wildman–Crippen MR) is 98.8 cm³/mol. The Labute approximate surface area is 150 Å². The number of nitrogens with one attached hydrogen (secondary N) is 3. The molecule has 2 heterocycles. The molecule has 3 aromatic rings. The summed E-state index contributed by atoms with van der Waals surface area (Å²) in [6, 6.07) is 15.3. The van der Waals surface area contributed by atoms with E-state index in [4.69, 9.17) is 0 Å². The molecule has 132 valence electrons. The molecule has 0 bridgehead atoms. The Morgan fingerprint density at radius 2 is 1.96 bits per heavy atom. The van der Waals surface area contributed by atoms with E-state index in [9.17, 15) is 9.59 Å². The van der Waals surface area contributed by atoms with E-state index in [-0.39, 0.29) is 18.4 Å². The number of piperazine rings is 1. The lowest BCUT2D eigenvalue weighted by molar-refractivity contribution is -0.123. The van der Waals surface area contributed by atoms with Gasteiger partial charge in [-0.2, -0.15) is 0 Å². The van der Waals surface area contributed by atoms with Crippen LogP contribution < -0.4 is 10.6 Å². The first kappa shape index (κ1) is 16.1. The van der Waals surface area contributed by atoms with E-state index in [1.54, 1.807) is 17.0 Å². The van der Waals surface area contributed by atoms with Crippen molar-refractivity contribution in [3.8, 4) is 0 Å². The first-order valence-corrected chi connectivity index (χ1v) is 8.52. The van der Waals surface area contributed by atoms with Crippen LogP contribution in [0.3, 0.4) is 0 Å². The average molecular weight is 349 g/mol. The van der Waals surface area contributed by atoms with Gasteiger partial charge in [0.2, 0.25) is 11.9 Å². The minimum absolute atomic E-state index is 0.114. The molecule has 0 spiro atoms. The number of nitrogens with zero attached hydrogens (tertiary/aromatic N) is 2. The Kier molecular flexibility index (Phi) is 4.27. The van der Waals surface area contributed by atoms with Gasteiger partial charge in [0, 0.05) is 25.2 Å². The van der Waals surface area contributed by atoms with Crippen molar-refractivity contribution in [3.63, 3.8) is 0 Å². The second-order valence-electron chi connectivity index (χ2n) is 6.23. The van der Waals surface area contributed by atoms with Gasteiger partial charge in [0.1, 0.15) is 0 Å². The molecule has 0 saturated carbocycles. The first-order chi connectivity index (χ1) is 12.7. The van der Waals surface area contributed by atoms with Crippen molar-refractivity contribution in [2.45, 2.75) is 6.54 Å². The molecular formula is C19H19N5O2. The van der Waals surface area contributed by atoms with Crippen molar-refractivity contribution in [1.29, 1.82) is 0 Å². The SMILES string of the molecule is O=C1CN(C(=O)c2ccc(CNc3nc4ccccc4[nH]3)cc2)CCN1. The summed E-state index contributed by atoms with van der Waals surface area (Å²) in [5, 5.41) is 5.97. The summed E-state index contributed by atoms with van der Waals surface area (Å²) in [6.45, 7) is 1.76. The maximum Gasteiger partial charge on any atom is 0.254 e. The molecule has 26 heavy (non-hydrogen) atoms. The van der Waals surface area contributed by atoms with Gasteiger partial charge in [-0.25, -0.2) is 4.98 Å². The number of para-hydroxylation sites is 2. The number of aromatic amines is 1. The fourth-order valence-electron chi connectivity index (χ4n) is 2.98. The number of fused-ring (bicyclic) bond motifs is 1. The highest BCUT2D eigenvalue weighted by atomic mass is 16.2. The quantitative estimate of drug-likeness (QED) is 0.669. The lowest BCUT2D eigenvalue weighted by Crippen LogP contribution is -2.49. The summed E-state index contributed by atoms with van der Waals surface area (Å²) >= 11 is 0. The molecule has 1 aliphatic heterocycles. The fourth-order valence-corrected chi connectivity index (χ4v) is 2.98. The van der Waals surface area contributed by atoms with Gasteiger partial charge in [0.05, 0.1) is 17.6 Å². The van der Waals surface area contributed by atoms with Gasteiger partial charge < -0.3 is 20.5 Å². The van der Waals surface area contributed by atoms with E-state index < -0.39 is 0 Å². The molecule has 3 N–H and O–H groups in total. The Morgan fingerprint density at radius 1 is 1.15 bits per heavy atom. The lowest BCUT2D eigenvalue weighted by atomic mass is 10.1. The zero-order valence-electron chi connectivity index (χ0n) is 14.2. The zero-order valence-corrected chi connectivity index (χ0v) is 14.2. The number of hydrogen-bond donors (Lipinski definition) is 3. The van der Waals surface area contributed by atoms with Gasteiger partial charge >= 0.3 is 0 Å². The third-order valence-electron chi connectivity index (χ3n) is 4.38. The molecule has 1 saturated heterocycles. The standard InChI is InChI=1S/C19H19N5O2/c25-17-12-24(10-9-20-17)18(26)14-7-5-13(6-8-14)11-21-19-22-15-3-1-2-4-16(15)23-19/h1-8H,9-12H2,(H,20,25)(H2,21,22,23). The van der Waals surface area contributed by atoms with E-state index >= 15 is 0 Å². The molecule has 0 atom stereocenters. The van der Waals surface area contributed by atoms with Crippen LogP contribution in [0, 0.1) is 0 Å². The van der Waals surface area contributed by atoms with Crippen LogP contribution in [0.25, 0.3) is 11.0 Å². The largest absolute Gasteiger partial charge is 0.353 e. The normalized spacial score (nSPS) is 14.3. The number of hydrogen-bond acceptors (Lipinski definition) is 4. The van der Waals surface area contributed by atoms with Gasteiger partial charge in [-0.05, 0) is 29.8 Å². The number of aromatic nitrogens is 2. The minimum atomic E-state index is -0.115. The number of anilines is 1. The molecule has 7 nitrogen and oxygen atoms in total. The van der Waals surface area contributed by atoms with Crippen molar-refractivity contribution in [2.75, 3.05) is 25.0 Å². The number of benzene rings is 2. The highest BCUT2D eigenvalue weighted by Crippen LogP contribution is 2.15. The number of amides is 2. The van der Waals surface area contributed by atoms with E-state index in [2.05, 4.69) is 20.6 Å². The van der Waals surface area contributed by atoms with Gasteiger partial charge in [0.15, 0.2) is 0 Å². The second kappa shape index (κ2) is 6.87. The Morgan fingerprint density at radius 3 is 2.73 bits per heavy atom. The minimum Gasteiger partial charge on any atom is -0.353 e. The molecule has 1 aromatic heterocycles. The van der Waals surface area contributed by atoms with E-state index in [1.165, 1.54) is 0 Å². The number of carbonyl (C=O) groups excluding carboxylic acids is 2. The van der Waals surface area contributed by atoms with Crippen LogP contribution in [-0.2, 0) is 11.3 Å². The van der Waals surface area contributed by atoms with Crippen LogP contribution in [0.15, 0.2) is 48.5 Å². The van der Waals surface area contributed by atoms with Crippen LogP contribution in [0.4, 0.5) is 5.95 Å². The summed E-state index contributed by atoms with van der Waals surface area (Å²) in [5.41, 5.74) is 3.54. The van der Waals surface area contributed by atoms with E-state index in [0.717, 1.165) is 16.6 Å². The molecule has 7 heteroatoms. The topological polar surface area (TPSA) is 90.1 Å². The van der Waals surface area contributed by atoms with Gasteiger partial charge in [-0.1, -0.05) is 24.3 Å². The third-order valence-corrected chi connectivity index (χ3v) is 4.38. The Hall–Kier alpha value is -3.35. The van der Waals surface area contributed by atoms with Gasteiger partial charge in [-0.15, -0.1) is 0 Å². The molecule has 1 aliphatic rings. The molecule has 2 aromatic carbocycles. The lowest BCUT2D eigenvalue weighted by Gasteiger charge is -2.26. The van der Waals surface area contributed by atoms with Crippen molar-refractivity contribution in [2.24, 2.45) is 0 Å². The highest BCUT2D eigenvalue weighted by molar-refractivity contribution is 5.97. The number of rotatable bonds is 4. The van der Waals surface area contributed by atoms with Crippen LogP contribution in [0.2, 0.25) is 0 Å². The number of H-pyrrole nitrogens is 1. The summed E-state index contributed by atoms with van der Waals surface area (Å²) in [7, 11) is 0. The average Bonchev–Trinajstić information content (AvgIpc) is 3.09. The van der Waals surface area contributed by atoms with Crippen molar-refractivity contribution in [1.82, 2.24) is 20.2 Å².